The first-order chi connectivity index (χ1) is 15.9. The van der Waals surface area contributed by atoms with Crippen LogP contribution in [0.15, 0.2) is 35.3 Å². The highest BCUT2D eigenvalue weighted by molar-refractivity contribution is 6.32. The largest absolute Gasteiger partial charge is 0.476 e. The number of fused-ring (bicyclic) bond motifs is 1. The lowest BCUT2D eigenvalue weighted by atomic mass is 10.1. The van der Waals surface area contributed by atoms with Crippen molar-refractivity contribution in [1.29, 1.82) is 0 Å². The van der Waals surface area contributed by atoms with Gasteiger partial charge in [0.05, 0.1) is 18.8 Å². The summed E-state index contributed by atoms with van der Waals surface area (Å²) in [7, 11) is 2.87. The number of methoxy groups -OCH3 is 1. The minimum atomic E-state index is -0.791. The zero-order valence-corrected chi connectivity index (χ0v) is 18.9. The molecule has 174 valence electrons. The number of nitrogens with zero attached hydrogens (tertiary/aromatic N) is 4. The lowest BCUT2D eigenvalue weighted by molar-refractivity contribution is -0.142. The number of halogens is 2. The summed E-state index contributed by atoms with van der Waals surface area (Å²) in [4.78, 5) is 34.6. The van der Waals surface area contributed by atoms with Crippen molar-refractivity contribution in [2.24, 2.45) is 7.05 Å². The van der Waals surface area contributed by atoms with Crippen molar-refractivity contribution >= 4 is 45.9 Å². The Morgan fingerprint density at radius 2 is 2.06 bits per heavy atom. The van der Waals surface area contributed by atoms with E-state index in [2.05, 4.69) is 20.0 Å². The van der Waals surface area contributed by atoms with Crippen molar-refractivity contribution in [1.82, 2.24) is 14.5 Å². The van der Waals surface area contributed by atoms with Crippen molar-refractivity contribution in [3.63, 3.8) is 0 Å². The van der Waals surface area contributed by atoms with Gasteiger partial charge in [-0.05, 0) is 37.1 Å². The molecule has 1 fully saturated rings. The van der Waals surface area contributed by atoms with Gasteiger partial charge in [0.2, 0.25) is 5.95 Å². The van der Waals surface area contributed by atoms with Crippen LogP contribution in [0.4, 0.5) is 21.8 Å². The molecule has 0 radical (unpaired) electrons. The van der Waals surface area contributed by atoms with Crippen LogP contribution in [-0.2, 0) is 16.6 Å². The molecule has 0 aliphatic carbocycles. The molecular weight excluding hydrogens is 453 g/mol. The van der Waals surface area contributed by atoms with Gasteiger partial charge in [0.25, 0.3) is 5.56 Å². The summed E-state index contributed by atoms with van der Waals surface area (Å²) in [6, 6.07) is 6.96. The average molecular weight is 476 g/mol. The van der Waals surface area contributed by atoms with E-state index in [-0.39, 0.29) is 17.9 Å². The van der Waals surface area contributed by atoms with Crippen LogP contribution in [0.3, 0.4) is 0 Å². The average Bonchev–Trinajstić information content (AvgIpc) is 2.82. The molecule has 1 saturated heterocycles. The molecule has 9 nitrogen and oxygen atoms in total. The molecule has 3 heterocycles. The molecule has 1 aromatic carbocycles. The van der Waals surface area contributed by atoms with Gasteiger partial charge in [-0.15, -0.1) is 0 Å². The summed E-state index contributed by atoms with van der Waals surface area (Å²) in [6.07, 6.45) is 1.61. The molecule has 3 aromatic rings. The number of alkyl halides is 1. The topological polar surface area (TPSA) is 98.6 Å². The van der Waals surface area contributed by atoms with Crippen LogP contribution >= 0.6 is 11.6 Å². The fourth-order valence-electron chi connectivity index (χ4n) is 3.61. The summed E-state index contributed by atoms with van der Waals surface area (Å²) in [5.41, 5.74) is 0.987. The molecule has 0 amide bonds. The van der Waals surface area contributed by atoms with Crippen LogP contribution in [-0.4, -0.2) is 53.5 Å². The zero-order chi connectivity index (χ0) is 23.5. The maximum Gasteiger partial charge on any atom is 0.343 e. The number of aryl methyl sites for hydroxylation is 1. The van der Waals surface area contributed by atoms with Crippen LogP contribution < -0.4 is 20.5 Å². The first-order valence-electron chi connectivity index (χ1n) is 10.4. The Bertz CT molecular complexity index is 1240. The van der Waals surface area contributed by atoms with Gasteiger partial charge in [-0.1, -0.05) is 11.6 Å². The third kappa shape index (κ3) is 5.00. The SMILES string of the molecule is COC(=O)COc1cc2cc(Nc3nc(N4CCC(F)CC4)ncc3Cl)ccc2n(C)c1=O. The molecule has 0 saturated carbocycles. The normalized spacial score (nSPS) is 14.4. The van der Waals surface area contributed by atoms with E-state index < -0.39 is 12.1 Å². The van der Waals surface area contributed by atoms with E-state index in [0.717, 1.165) is 0 Å². The number of carbonyl (C=O) groups excluding carboxylic acids is 1. The molecule has 0 bridgehead atoms. The summed E-state index contributed by atoms with van der Waals surface area (Å²) in [6.45, 7) is 0.718. The molecule has 4 rings (SSSR count). The van der Waals surface area contributed by atoms with Crippen molar-refractivity contribution in [2.45, 2.75) is 19.0 Å². The first kappa shape index (κ1) is 22.8. The number of anilines is 3. The lowest BCUT2D eigenvalue weighted by Gasteiger charge is -2.28. The van der Waals surface area contributed by atoms with Crippen LogP contribution in [0.1, 0.15) is 12.8 Å². The Balaban J connectivity index is 1.61. The number of carbonyl (C=O) groups is 1. The predicted molar refractivity (Wildman–Crippen MR) is 123 cm³/mol. The maximum absolute atomic E-state index is 13.5. The van der Waals surface area contributed by atoms with E-state index in [0.29, 0.717) is 59.3 Å². The number of pyridine rings is 1. The van der Waals surface area contributed by atoms with Crippen molar-refractivity contribution in [3.8, 4) is 5.75 Å². The molecule has 2 aromatic heterocycles. The number of benzene rings is 1. The quantitative estimate of drug-likeness (QED) is 0.543. The molecule has 1 aliphatic rings. The van der Waals surface area contributed by atoms with Crippen LogP contribution in [0.25, 0.3) is 10.9 Å². The number of piperidine rings is 1. The maximum atomic E-state index is 13.5. The number of hydrogen-bond donors (Lipinski definition) is 1. The summed E-state index contributed by atoms with van der Waals surface area (Å²) >= 11 is 6.31. The molecule has 0 unspecified atom stereocenters. The molecule has 0 atom stereocenters. The van der Waals surface area contributed by atoms with Crippen LogP contribution in [0.2, 0.25) is 5.02 Å². The molecule has 1 N–H and O–H groups in total. The smallest absolute Gasteiger partial charge is 0.343 e. The standard InChI is InChI=1S/C22H23ClFN5O4/c1-28-17-4-3-15(9-13(17)10-18(21(28)31)33-12-19(30)32-2)26-20-16(23)11-25-22(27-20)29-7-5-14(24)6-8-29/h3-4,9-11,14H,5-8,12H2,1-2H3,(H,25,26,27). The second-order valence-electron chi connectivity index (χ2n) is 7.66. The number of aromatic nitrogens is 3. The minimum Gasteiger partial charge on any atom is -0.476 e. The second-order valence-corrected chi connectivity index (χ2v) is 8.07. The van der Waals surface area contributed by atoms with Gasteiger partial charge in [-0.3, -0.25) is 4.79 Å². The van der Waals surface area contributed by atoms with E-state index in [4.69, 9.17) is 16.3 Å². The van der Waals surface area contributed by atoms with E-state index in [1.54, 1.807) is 25.2 Å². The number of hydrogen-bond acceptors (Lipinski definition) is 8. The molecule has 11 heteroatoms. The Kier molecular flexibility index (Phi) is 6.64. The molecule has 1 aliphatic heterocycles. The lowest BCUT2D eigenvalue weighted by Crippen LogP contribution is -2.35. The van der Waals surface area contributed by atoms with Crippen LogP contribution in [0.5, 0.6) is 5.75 Å². The van der Waals surface area contributed by atoms with Gasteiger partial charge in [0.1, 0.15) is 11.2 Å². The third-order valence-corrected chi connectivity index (χ3v) is 5.74. The van der Waals surface area contributed by atoms with E-state index in [9.17, 15) is 14.0 Å². The predicted octanol–water partition coefficient (Wildman–Crippen LogP) is 3.22. The van der Waals surface area contributed by atoms with E-state index in [1.165, 1.54) is 17.9 Å². The van der Waals surface area contributed by atoms with Crippen molar-refractivity contribution < 1.29 is 18.7 Å². The van der Waals surface area contributed by atoms with Gasteiger partial charge in [-0.25, -0.2) is 14.2 Å². The Morgan fingerprint density at radius 1 is 1.30 bits per heavy atom. The van der Waals surface area contributed by atoms with E-state index in [1.807, 2.05) is 11.0 Å². The highest BCUT2D eigenvalue weighted by atomic mass is 35.5. The van der Waals surface area contributed by atoms with E-state index >= 15 is 0 Å². The van der Waals surface area contributed by atoms with Gasteiger partial charge >= 0.3 is 5.97 Å². The zero-order valence-electron chi connectivity index (χ0n) is 18.2. The first-order valence-corrected chi connectivity index (χ1v) is 10.8. The monoisotopic (exact) mass is 475 g/mol. The molecular formula is C22H23ClFN5O4. The van der Waals surface area contributed by atoms with Crippen molar-refractivity contribution in [3.05, 3.63) is 45.8 Å². The van der Waals surface area contributed by atoms with Crippen molar-refractivity contribution in [2.75, 3.05) is 37.0 Å². The minimum absolute atomic E-state index is 0.0335. The third-order valence-electron chi connectivity index (χ3n) is 5.47. The molecule has 33 heavy (non-hydrogen) atoms. The van der Waals surface area contributed by atoms with Gasteiger partial charge in [-0.2, -0.15) is 4.98 Å². The number of ether oxygens (including phenoxy) is 2. The van der Waals surface area contributed by atoms with Crippen LogP contribution in [0, 0.1) is 0 Å². The Morgan fingerprint density at radius 3 is 2.79 bits per heavy atom. The summed E-state index contributed by atoms with van der Waals surface area (Å²) < 4.78 is 24.8. The van der Waals surface area contributed by atoms with Gasteiger partial charge in [0, 0.05) is 31.2 Å². The fourth-order valence-corrected chi connectivity index (χ4v) is 3.75. The highest BCUT2D eigenvalue weighted by Crippen LogP contribution is 2.28. The summed E-state index contributed by atoms with van der Waals surface area (Å²) in [5, 5.41) is 4.22. The number of rotatable bonds is 6. The second kappa shape index (κ2) is 9.62. The van der Waals surface area contributed by atoms with Gasteiger partial charge < -0.3 is 24.3 Å². The number of esters is 1. The number of nitrogens with one attached hydrogen (secondary N) is 1. The Hall–Kier alpha value is -3.40. The fraction of sp³-hybridized carbons (Fsp3) is 0.364. The highest BCUT2D eigenvalue weighted by Gasteiger charge is 2.21. The summed E-state index contributed by atoms with van der Waals surface area (Å²) in [5.74, 6) is 0.342. The Labute approximate surface area is 194 Å². The van der Waals surface area contributed by atoms with Gasteiger partial charge in [0.15, 0.2) is 18.2 Å². The molecule has 0 spiro atoms.